The Hall–Kier alpha value is -1.81. The van der Waals surface area contributed by atoms with Crippen LogP contribution in [0.1, 0.15) is 48.0 Å². The van der Waals surface area contributed by atoms with E-state index in [-0.39, 0.29) is 19.6 Å². The lowest BCUT2D eigenvalue weighted by atomic mass is 10.2. The third-order valence-corrected chi connectivity index (χ3v) is 2.43. The van der Waals surface area contributed by atoms with Crippen molar-refractivity contribution in [2.45, 2.75) is 65.2 Å². The van der Waals surface area contributed by atoms with E-state index in [0.717, 1.165) is 4.90 Å². The number of nitrogens with zero attached hydrogens (tertiary/aromatic N) is 2. The molecule has 0 aliphatic carbocycles. The van der Waals surface area contributed by atoms with Crippen molar-refractivity contribution in [3.05, 3.63) is 0 Å². The predicted molar refractivity (Wildman–Crippen MR) is 80.3 cm³/mol. The number of amides is 1. The van der Waals surface area contributed by atoms with Gasteiger partial charge in [-0.3, -0.25) is 4.90 Å². The van der Waals surface area contributed by atoms with E-state index < -0.39 is 29.3 Å². The average Bonchev–Trinajstić information content (AvgIpc) is 2.28. The minimum atomic E-state index is -1.21. The Morgan fingerprint density at radius 2 is 1.73 bits per heavy atom. The molecule has 0 radical (unpaired) electrons. The molecule has 1 N–H and O–H groups in total. The second-order valence-electron chi connectivity index (χ2n) is 6.86. The lowest BCUT2D eigenvalue weighted by Gasteiger charge is -2.32. The standard InChI is InChI=1S/C15H26N2O5/c1-14(2,3)21-10-11(12(18)19)17(9-7-8-16)13(20)22-15(4,5)6/h11H,7,9-10H2,1-6H3,(H,18,19). The summed E-state index contributed by atoms with van der Waals surface area (Å²) in [5, 5.41) is 18.1. The Morgan fingerprint density at radius 1 is 1.18 bits per heavy atom. The first-order valence-corrected chi connectivity index (χ1v) is 7.11. The maximum absolute atomic E-state index is 12.2. The van der Waals surface area contributed by atoms with Crippen molar-refractivity contribution in [1.29, 1.82) is 5.26 Å². The first-order valence-electron chi connectivity index (χ1n) is 7.11. The minimum absolute atomic E-state index is 0.0124. The van der Waals surface area contributed by atoms with Gasteiger partial charge in [-0.1, -0.05) is 0 Å². The normalized spacial score (nSPS) is 13.1. The Bertz CT molecular complexity index is 429. The van der Waals surface area contributed by atoms with Gasteiger partial charge in [0.15, 0.2) is 6.04 Å². The number of carboxylic acid groups (broad SMARTS) is 1. The molecule has 0 aromatic carbocycles. The fourth-order valence-corrected chi connectivity index (χ4v) is 1.49. The van der Waals surface area contributed by atoms with Crippen LogP contribution in [0.2, 0.25) is 0 Å². The van der Waals surface area contributed by atoms with Gasteiger partial charge in [-0.15, -0.1) is 0 Å². The first-order chi connectivity index (χ1) is 9.87. The van der Waals surface area contributed by atoms with Crippen LogP contribution in [0.15, 0.2) is 0 Å². The van der Waals surface area contributed by atoms with Gasteiger partial charge in [0.2, 0.25) is 0 Å². The Morgan fingerprint density at radius 3 is 2.09 bits per heavy atom. The molecule has 1 atom stereocenters. The van der Waals surface area contributed by atoms with Gasteiger partial charge in [-0.05, 0) is 41.5 Å². The van der Waals surface area contributed by atoms with Crippen LogP contribution in [0.3, 0.4) is 0 Å². The smallest absolute Gasteiger partial charge is 0.411 e. The summed E-state index contributed by atoms with van der Waals surface area (Å²) in [6.45, 7) is 10.2. The summed E-state index contributed by atoms with van der Waals surface area (Å²) in [5.74, 6) is -1.20. The molecule has 0 heterocycles. The number of rotatable bonds is 6. The third kappa shape index (κ3) is 8.47. The summed E-state index contributed by atoms with van der Waals surface area (Å²) in [6, 6.07) is 0.693. The summed E-state index contributed by atoms with van der Waals surface area (Å²) >= 11 is 0. The lowest BCUT2D eigenvalue weighted by Crippen LogP contribution is -2.50. The van der Waals surface area contributed by atoms with E-state index in [1.54, 1.807) is 41.5 Å². The number of hydrogen-bond acceptors (Lipinski definition) is 5. The largest absolute Gasteiger partial charge is 0.480 e. The Kier molecular flexibility index (Phi) is 7.33. The maximum atomic E-state index is 12.2. The SMILES string of the molecule is CC(C)(C)OCC(C(=O)O)N(CCC#N)C(=O)OC(C)(C)C. The molecule has 0 aromatic rings. The number of aliphatic carboxylic acids is 1. The van der Waals surface area contributed by atoms with Gasteiger partial charge in [0.1, 0.15) is 5.60 Å². The number of carbonyl (C=O) groups excluding carboxylic acids is 1. The zero-order chi connectivity index (χ0) is 17.6. The van der Waals surface area contributed by atoms with Gasteiger partial charge in [-0.25, -0.2) is 9.59 Å². The van der Waals surface area contributed by atoms with Gasteiger partial charge in [-0.2, -0.15) is 5.26 Å². The summed E-state index contributed by atoms with van der Waals surface area (Å²) in [7, 11) is 0. The van der Waals surface area contributed by atoms with Gasteiger partial charge in [0.05, 0.1) is 24.7 Å². The van der Waals surface area contributed by atoms with Crippen LogP contribution in [0, 0.1) is 11.3 Å². The fraction of sp³-hybridized carbons (Fsp3) is 0.800. The van der Waals surface area contributed by atoms with E-state index in [1.165, 1.54) is 0 Å². The number of nitriles is 1. The second kappa shape index (κ2) is 7.99. The number of ether oxygens (including phenoxy) is 2. The number of hydrogen-bond donors (Lipinski definition) is 1. The highest BCUT2D eigenvalue weighted by molar-refractivity contribution is 5.80. The summed E-state index contributed by atoms with van der Waals surface area (Å²) in [4.78, 5) is 24.7. The van der Waals surface area contributed by atoms with E-state index in [2.05, 4.69) is 0 Å². The molecule has 1 unspecified atom stereocenters. The molecule has 1 amide bonds. The van der Waals surface area contributed by atoms with E-state index in [0.29, 0.717) is 0 Å². The zero-order valence-corrected chi connectivity index (χ0v) is 14.2. The van der Waals surface area contributed by atoms with E-state index in [4.69, 9.17) is 14.7 Å². The summed E-state index contributed by atoms with van der Waals surface area (Å²) in [6.07, 6.45) is -0.758. The molecule has 0 aliphatic heterocycles. The molecular formula is C15H26N2O5. The fourth-order valence-electron chi connectivity index (χ4n) is 1.49. The van der Waals surface area contributed by atoms with Gasteiger partial charge in [0, 0.05) is 6.54 Å². The van der Waals surface area contributed by atoms with Crippen molar-refractivity contribution in [2.24, 2.45) is 0 Å². The molecule has 7 heteroatoms. The van der Waals surface area contributed by atoms with E-state index in [9.17, 15) is 14.7 Å². The summed E-state index contributed by atoms with van der Waals surface area (Å²) < 4.78 is 10.7. The number of carbonyl (C=O) groups is 2. The van der Waals surface area contributed by atoms with Crippen LogP contribution in [-0.4, -0.2) is 52.5 Å². The molecule has 0 saturated carbocycles. The highest BCUT2D eigenvalue weighted by Gasteiger charge is 2.33. The van der Waals surface area contributed by atoms with Crippen molar-refractivity contribution in [3.8, 4) is 6.07 Å². The minimum Gasteiger partial charge on any atom is -0.480 e. The van der Waals surface area contributed by atoms with Crippen molar-refractivity contribution in [1.82, 2.24) is 4.90 Å². The molecule has 0 fully saturated rings. The van der Waals surface area contributed by atoms with Gasteiger partial charge >= 0.3 is 12.1 Å². The van der Waals surface area contributed by atoms with Crippen LogP contribution in [0.5, 0.6) is 0 Å². The zero-order valence-electron chi connectivity index (χ0n) is 14.2. The maximum Gasteiger partial charge on any atom is 0.411 e. The first kappa shape index (κ1) is 20.2. The van der Waals surface area contributed by atoms with Crippen LogP contribution in [-0.2, 0) is 14.3 Å². The van der Waals surface area contributed by atoms with Gasteiger partial charge in [0.25, 0.3) is 0 Å². The van der Waals surface area contributed by atoms with Crippen molar-refractivity contribution < 1.29 is 24.2 Å². The molecule has 0 bridgehead atoms. The molecule has 7 nitrogen and oxygen atoms in total. The van der Waals surface area contributed by atoms with E-state index in [1.807, 2.05) is 6.07 Å². The van der Waals surface area contributed by atoms with Crippen molar-refractivity contribution in [3.63, 3.8) is 0 Å². The highest BCUT2D eigenvalue weighted by atomic mass is 16.6. The van der Waals surface area contributed by atoms with Crippen LogP contribution >= 0.6 is 0 Å². The van der Waals surface area contributed by atoms with E-state index >= 15 is 0 Å². The predicted octanol–water partition coefficient (Wildman–Crippen LogP) is 2.41. The molecule has 0 rings (SSSR count). The van der Waals surface area contributed by atoms with Crippen LogP contribution in [0.4, 0.5) is 4.79 Å². The van der Waals surface area contributed by atoms with Crippen molar-refractivity contribution in [2.75, 3.05) is 13.2 Å². The topological polar surface area (TPSA) is 99.9 Å². The average molecular weight is 314 g/mol. The molecule has 0 spiro atoms. The molecular weight excluding hydrogens is 288 g/mol. The van der Waals surface area contributed by atoms with Gasteiger partial charge < -0.3 is 14.6 Å². The molecule has 0 aromatic heterocycles. The molecule has 126 valence electrons. The quantitative estimate of drug-likeness (QED) is 0.808. The highest BCUT2D eigenvalue weighted by Crippen LogP contribution is 2.15. The van der Waals surface area contributed by atoms with Crippen LogP contribution in [0.25, 0.3) is 0 Å². The Labute approximate surface area is 131 Å². The monoisotopic (exact) mass is 314 g/mol. The van der Waals surface area contributed by atoms with Crippen molar-refractivity contribution >= 4 is 12.1 Å². The van der Waals surface area contributed by atoms with Crippen LogP contribution < -0.4 is 0 Å². The molecule has 22 heavy (non-hydrogen) atoms. The third-order valence-electron chi connectivity index (χ3n) is 2.43. The Balaban J connectivity index is 5.18. The molecule has 0 saturated heterocycles. The number of carboxylic acids is 1. The lowest BCUT2D eigenvalue weighted by molar-refractivity contribution is -0.147. The summed E-state index contributed by atoms with van der Waals surface area (Å²) in [5.41, 5.74) is -1.29. The molecule has 0 aliphatic rings. The second-order valence-corrected chi connectivity index (χ2v) is 6.86.